The van der Waals surface area contributed by atoms with Crippen LogP contribution in [0.1, 0.15) is 23.2 Å². The first-order valence-electron chi connectivity index (χ1n) is 6.38. The van der Waals surface area contributed by atoms with Crippen LogP contribution in [-0.2, 0) is 4.74 Å². The molecule has 104 valence electrons. The van der Waals surface area contributed by atoms with Gasteiger partial charge in [0, 0.05) is 35.2 Å². The molecule has 1 heterocycles. The quantitative estimate of drug-likeness (QED) is 0.888. The molecule has 1 fully saturated rings. The maximum Gasteiger partial charge on any atom is 0.251 e. The number of nitrogens with one attached hydrogen (secondary N) is 1. The molecule has 1 saturated heterocycles. The molecule has 2 rings (SSSR count). The van der Waals surface area contributed by atoms with Gasteiger partial charge in [-0.2, -0.15) is 0 Å². The van der Waals surface area contributed by atoms with Gasteiger partial charge in [0.05, 0.1) is 6.61 Å². The second-order valence-electron chi connectivity index (χ2n) is 4.96. The number of aliphatic hydroxyl groups is 1. The lowest BCUT2D eigenvalue weighted by Crippen LogP contribution is -2.43. The summed E-state index contributed by atoms with van der Waals surface area (Å²) in [7, 11) is 0. The van der Waals surface area contributed by atoms with Crippen molar-refractivity contribution >= 4 is 21.8 Å². The number of aliphatic hydroxyl groups excluding tert-OH is 1. The molecule has 0 aliphatic carbocycles. The Morgan fingerprint density at radius 3 is 2.79 bits per heavy atom. The van der Waals surface area contributed by atoms with Crippen LogP contribution in [0.5, 0.6) is 0 Å². The third-order valence-electron chi connectivity index (χ3n) is 3.60. The van der Waals surface area contributed by atoms with Gasteiger partial charge >= 0.3 is 0 Å². The highest BCUT2D eigenvalue weighted by molar-refractivity contribution is 9.10. The minimum Gasteiger partial charge on any atom is -0.396 e. The number of carbonyl (C=O) groups excluding carboxylic acids is 1. The molecule has 1 aliphatic heterocycles. The van der Waals surface area contributed by atoms with Crippen molar-refractivity contribution in [1.82, 2.24) is 5.32 Å². The maximum absolute atomic E-state index is 12.1. The van der Waals surface area contributed by atoms with E-state index in [-0.39, 0.29) is 17.9 Å². The molecule has 0 bridgehead atoms. The number of halogens is 1. The number of carbonyl (C=O) groups is 1. The zero-order valence-corrected chi connectivity index (χ0v) is 12.3. The summed E-state index contributed by atoms with van der Waals surface area (Å²) in [5, 5.41) is 12.5. The Bertz CT molecular complexity index is 444. The SMILES string of the molecule is O=C(NCC1(CO)CCOCC1)c1cccc(Br)c1. The standard InChI is InChI=1S/C14H18BrNO3/c15-12-3-1-2-11(8-12)13(18)16-9-14(10-17)4-6-19-7-5-14/h1-3,8,17H,4-7,9-10H2,(H,16,18). The van der Waals surface area contributed by atoms with E-state index in [2.05, 4.69) is 21.2 Å². The average molecular weight is 328 g/mol. The molecule has 0 radical (unpaired) electrons. The zero-order valence-electron chi connectivity index (χ0n) is 10.7. The Morgan fingerprint density at radius 1 is 1.42 bits per heavy atom. The van der Waals surface area contributed by atoms with Crippen LogP contribution in [0.25, 0.3) is 0 Å². The molecular formula is C14H18BrNO3. The first-order valence-corrected chi connectivity index (χ1v) is 7.17. The molecule has 1 aromatic carbocycles. The van der Waals surface area contributed by atoms with Crippen LogP contribution in [-0.4, -0.2) is 37.4 Å². The van der Waals surface area contributed by atoms with Crippen LogP contribution < -0.4 is 5.32 Å². The summed E-state index contributed by atoms with van der Waals surface area (Å²) in [4.78, 5) is 12.1. The van der Waals surface area contributed by atoms with Crippen LogP contribution in [0.15, 0.2) is 28.7 Å². The van der Waals surface area contributed by atoms with Gasteiger partial charge in [-0.25, -0.2) is 0 Å². The second-order valence-corrected chi connectivity index (χ2v) is 5.88. The van der Waals surface area contributed by atoms with Crippen LogP contribution >= 0.6 is 15.9 Å². The van der Waals surface area contributed by atoms with Crippen LogP contribution in [0, 0.1) is 5.41 Å². The van der Waals surface area contributed by atoms with E-state index in [0.29, 0.717) is 25.3 Å². The van der Waals surface area contributed by atoms with E-state index in [1.165, 1.54) is 0 Å². The minimum absolute atomic E-state index is 0.0785. The topological polar surface area (TPSA) is 58.6 Å². The molecular weight excluding hydrogens is 310 g/mol. The molecule has 4 nitrogen and oxygen atoms in total. The lowest BCUT2D eigenvalue weighted by atomic mass is 9.81. The fraction of sp³-hybridized carbons (Fsp3) is 0.500. The first-order chi connectivity index (χ1) is 9.15. The molecule has 1 aromatic rings. The summed E-state index contributed by atoms with van der Waals surface area (Å²) >= 11 is 3.35. The Balaban J connectivity index is 1.95. The van der Waals surface area contributed by atoms with Crippen molar-refractivity contribution in [2.45, 2.75) is 12.8 Å². The number of amides is 1. The van der Waals surface area contributed by atoms with E-state index < -0.39 is 0 Å². The molecule has 5 heteroatoms. The van der Waals surface area contributed by atoms with Crippen LogP contribution in [0.3, 0.4) is 0 Å². The van der Waals surface area contributed by atoms with E-state index in [1.54, 1.807) is 12.1 Å². The fourth-order valence-electron chi connectivity index (χ4n) is 2.19. The summed E-state index contributed by atoms with van der Waals surface area (Å²) in [6.45, 7) is 1.86. The Hall–Kier alpha value is -0.910. The van der Waals surface area contributed by atoms with Gasteiger partial charge in [-0.1, -0.05) is 22.0 Å². The molecule has 0 saturated carbocycles. The molecule has 0 unspecified atom stereocenters. The Kier molecular flexibility index (Phi) is 4.96. The number of rotatable bonds is 4. The highest BCUT2D eigenvalue weighted by Crippen LogP contribution is 2.29. The average Bonchev–Trinajstić information content (AvgIpc) is 2.46. The van der Waals surface area contributed by atoms with Gasteiger partial charge in [0.15, 0.2) is 0 Å². The van der Waals surface area contributed by atoms with Crippen molar-refractivity contribution in [1.29, 1.82) is 0 Å². The minimum atomic E-state index is -0.236. The van der Waals surface area contributed by atoms with Crippen molar-refractivity contribution in [2.75, 3.05) is 26.4 Å². The third kappa shape index (κ3) is 3.78. The van der Waals surface area contributed by atoms with Crippen molar-refractivity contribution in [3.8, 4) is 0 Å². The summed E-state index contributed by atoms with van der Waals surface area (Å²) in [5.41, 5.74) is 0.384. The van der Waals surface area contributed by atoms with Gasteiger partial charge in [0.25, 0.3) is 5.91 Å². The smallest absolute Gasteiger partial charge is 0.251 e. The van der Waals surface area contributed by atoms with Crippen molar-refractivity contribution in [3.05, 3.63) is 34.3 Å². The maximum atomic E-state index is 12.1. The van der Waals surface area contributed by atoms with E-state index in [1.807, 2.05) is 12.1 Å². The summed E-state index contributed by atoms with van der Waals surface area (Å²) in [5.74, 6) is -0.111. The molecule has 0 aromatic heterocycles. The lowest BCUT2D eigenvalue weighted by molar-refractivity contribution is -0.0146. The van der Waals surface area contributed by atoms with Crippen LogP contribution in [0.4, 0.5) is 0 Å². The lowest BCUT2D eigenvalue weighted by Gasteiger charge is -2.35. The van der Waals surface area contributed by atoms with Crippen molar-refractivity contribution < 1.29 is 14.6 Å². The van der Waals surface area contributed by atoms with Crippen molar-refractivity contribution in [2.24, 2.45) is 5.41 Å². The molecule has 19 heavy (non-hydrogen) atoms. The van der Waals surface area contributed by atoms with Gasteiger partial charge < -0.3 is 15.2 Å². The third-order valence-corrected chi connectivity index (χ3v) is 4.09. The predicted molar refractivity (Wildman–Crippen MR) is 76.0 cm³/mol. The van der Waals surface area contributed by atoms with Gasteiger partial charge in [-0.3, -0.25) is 4.79 Å². The normalized spacial score (nSPS) is 18.0. The van der Waals surface area contributed by atoms with Crippen LogP contribution in [0.2, 0.25) is 0 Å². The first kappa shape index (κ1) is 14.5. The molecule has 1 aliphatic rings. The van der Waals surface area contributed by atoms with Gasteiger partial charge in [-0.15, -0.1) is 0 Å². The Labute approximate surface area is 121 Å². The molecule has 0 spiro atoms. The summed E-state index contributed by atoms with van der Waals surface area (Å²) in [6, 6.07) is 7.26. The van der Waals surface area contributed by atoms with Gasteiger partial charge in [0.2, 0.25) is 0 Å². The fourth-order valence-corrected chi connectivity index (χ4v) is 2.59. The van der Waals surface area contributed by atoms with E-state index in [0.717, 1.165) is 17.3 Å². The number of hydrogen-bond acceptors (Lipinski definition) is 3. The number of hydrogen-bond donors (Lipinski definition) is 2. The van der Waals surface area contributed by atoms with E-state index in [9.17, 15) is 9.90 Å². The highest BCUT2D eigenvalue weighted by atomic mass is 79.9. The largest absolute Gasteiger partial charge is 0.396 e. The molecule has 2 N–H and O–H groups in total. The molecule has 1 amide bonds. The van der Waals surface area contributed by atoms with Gasteiger partial charge in [-0.05, 0) is 31.0 Å². The zero-order chi connectivity index (χ0) is 13.7. The van der Waals surface area contributed by atoms with E-state index in [4.69, 9.17) is 4.74 Å². The van der Waals surface area contributed by atoms with Crippen molar-refractivity contribution in [3.63, 3.8) is 0 Å². The highest BCUT2D eigenvalue weighted by Gasteiger charge is 2.32. The number of benzene rings is 1. The van der Waals surface area contributed by atoms with E-state index >= 15 is 0 Å². The predicted octanol–water partition coefficient (Wildman–Crippen LogP) is 1.97. The monoisotopic (exact) mass is 327 g/mol. The molecule has 0 atom stereocenters. The summed E-state index contributed by atoms with van der Waals surface area (Å²) < 4.78 is 6.18. The summed E-state index contributed by atoms with van der Waals surface area (Å²) in [6.07, 6.45) is 1.56. The Morgan fingerprint density at radius 2 is 2.16 bits per heavy atom. The second kappa shape index (κ2) is 6.50. The van der Waals surface area contributed by atoms with Gasteiger partial charge in [0.1, 0.15) is 0 Å². The number of ether oxygens (including phenoxy) is 1.